The summed E-state index contributed by atoms with van der Waals surface area (Å²) in [6.07, 6.45) is 5.99. The first-order valence-corrected chi connectivity index (χ1v) is 8.03. The molecule has 2 aromatic heterocycles. The number of hydrogen-bond acceptors (Lipinski definition) is 4. The highest BCUT2D eigenvalue weighted by atomic mass is 32.1. The SMILES string of the molecule is CC1CCCCN1CCNc1ccnc2ccsc12. The van der Waals surface area contributed by atoms with Gasteiger partial charge >= 0.3 is 0 Å². The van der Waals surface area contributed by atoms with Gasteiger partial charge in [0.05, 0.1) is 15.9 Å². The Morgan fingerprint density at radius 3 is 3.26 bits per heavy atom. The number of fused-ring (bicyclic) bond motifs is 1. The largest absolute Gasteiger partial charge is 0.383 e. The average Bonchev–Trinajstić information content (AvgIpc) is 2.90. The number of thiophene rings is 1. The molecule has 0 aromatic carbocycles. The molecule has 1 unspecified atom stereocenters. The molecule has 1 N–H and O–H groups in total. The van der Waals surface area contributed by atoms with Gasteiger partial charge in [-0.05, 0) is 43.8 Å². The van der Waals surface area contributed by atoms with Gasteiger partial charge in [0.25, 0.3) is 0 Å². The molecule has 2 aromatic rings. The van der Waals surface area contributed by atoms with Gasteiger partial charge in [0.2, 0.25) is 0 Å². The second-order valence-electron chi connectivity index (χ2n) is 5.30. The van der Waals surface area contributed by atoms with E-state index >= 15 is 0 Å². The van der Waals surface area contributed by atoms with Gasteiger partial charge in [0.1, 0.15) is 0 Å². The summed E-state index contributed by atoms with van der Waals surface area (Å²) in [7, 11) is 0. The first kappa shape index (κ1) is 12.9. The number of nitrogens with one attached hydrogen (secondary N) is 1. The molecule has 3 rings (SSSR count). The van der Waals surface area contributed by atoms with Crippen LogP contribution < -0.4 is 5.32 Å². The van der Waals surface area contributed by atoms with Crippen molar-refractivity contribution in [2.24, 2.45) is 0 Å². The summed E-state index contributed by atoms with van der Waals surface area (Å²) in [5, 5.41) is 5.68. The molecular weight excluding hydrogens is 254 g/mol. The second kappa shape index (κ2) is 5.88. The van der Waals surface area contributed by atoms with E-state index in [1.165, 1.54) is 36.2 Å². The zero-order valence-electron chi connectivity index (χ0n) is 11.4. The van der Waals surface area contributed by atoms with E-state index in [9.17, 15) is 0 Å². The van der Waals surface area contributed by atoms with Crippen molar-refractivity contribution in [2.45, 2.75) is 32.2 Å². The van der Waals surface area contributed by atoms with Crippen molar-refractivity contribution in [2.75, 3.05) is 25.0 Å². The lowest BCUT2D eigenvalue weighted by Crippen LogP contribution is -2.40. The molecule has 19 heavy (non-hydrogen) atoms. The Kier molecular flexibility index (Phi) is 3.99. The number of piperidine rings is 1. The lowest BCUT2D eigenvalue weighted by molar-refractivity contribution is 0.167. The Hall–Kier alpha value is -1.13. The van der Waals surface area contributed by atoms with Crippen LogP contribution in [0.2, 0.25) is 0 Å². The maximum atomic E-state index is 4.37. The highest BCUT2D eigenvalue weighted by molar-refractivity contribution is 7.17. The van der Waals surface area contributed by atoms with Crippen molar-refractivity contribution in [3.05, 3.63) is 23.7 Å². The van der Waals surface area contributed by atoms with E-state index in [0.29, 0.717) is 0 Å². The first-order valence-electron chi connectivity index (χ1n) is 7.15. The molecule has 1 fully saturated rings. The number of likely N-dealkylation sites (tertiary alicyclic amines) is 1. The average molecular weight is 275 g/mol. The summed E-state index contributed by atoms with van der Waals surface area (Å²) in [6.45, 7) is 5.76. The summed E-state index contributed by atoms with van der Waals surface area (Å²) in [5.41, 5.74) is 2.33. The summed E-state index contributed by atoms with van der Waals surface area (Å²) in [5.74, 6) is 0. The molecule has 1 aliphatic heterocycles. The van der Waals surface area contributed by atoms with Gasteiger partial charge in [0, 0.05) is 25.3 Å². The highest BCUT2D eigenvalue weighted by Crippen LogP contribution is 2.26. The van der Waals surface area contributed by atoms with Crippen LogP contribution in [-0.4, -0.2) is 35.6 Å². The van der Waals surface area contributed by atoms with Crippen molar-refractivity contribution in [1.29, 1.82) is 0 Å². The Balaban J connectivity index is 1.58. The van der Waals surface area contributed by atoms with Crippen LogP contribution in [0.15, 0.2) is 23.7 Å². The third-order valence-corrected chi connectivity index (χ3v) is 4.94. The number of hydrogen-bond donors (Lipinski definition) is 1. The molecule has 3 nitrogen and oxygen atoms in total. The normalized spacial score (nSPS) is 20.8. The van der Waals surface area contributed by atoms with Crippen molar-refractivity contribution < 1.29 is 0 Å². The molecule has 0 radical (unpaired) electrons. The van der Waals surface area contributed by atoms with Crippen molar-refractivity contribution in [3.8, 4) is 0 Å². The predicted octanol–water partition coefficient (Wildman–Crippen LogP) is 3.58. The van der Waals surface area contributed by atoms with Crippen LogP contribution in [-0.2, 0) is 0 Å². The van der Waals surface area contributed by atoms with E-state index < -0.39 is 0 Å². The topological polar surface area (TPSA) is 28.2 Å². The molecule has 0 saturated carbocycles. The van der Waals surface area contributed by atoms with Gasteiger partial charge in [0.15, 0.2) is 0 Å². The molecule has 1 aliphatic rings. The van der Waals surface area contributed by atoms with Gasteiger partial charge in [-0.15, -0.1) is 11.3 Å². The summed E-state index contributed by atoms with van der Waals surface area (Å²) in [6, 6.07) is 4.91. The van der Waals surface area contributed by atoms with Gasteiger partial charge in [-0.3, -0.25) is 9.88 Å². The molecule has 3 heterocycles. The maximum Gasteiger partial charge on any atom is 0.0830 e. The molecule has 102 valence electrons. The zero-order valence-corrected chi connectivity index (χ0v) is 12.2. The third-order valence-electron chi connectivity index (χ3n) is 4.00. The van der Waals surface area contributed by atoms with Gasteiger partial charge in [-0.25, -0.2) is 0 Å². The Morgan fingerprint density at radius 2 is 2.37 bits per heavy atom. The lowest BCUT2D eigenvalue weighted by Gasteiger charge is -2.33. The van der Waals surface area contributed by atoms with E-state index in [0.717, 1.165) is 24.6 Å². The van der Waals surface area contributed by atoms with E-state index in [1.54, 1.807) is 11.3 Å². The zero-order chi connectivity index (χ0) is 13.1. The van der Waals surface area contributed by atoms with E-state index in [1.807, 2.05) is 6.20 Å². The molecule has 0 spiro atoms. The smallest absolute Gasteiger partial charge is 0.0830 e. The fourth-order valence-corrected chi connectivity index (χ4v) is 3.68. The number of aromatic nitrogens is 1. The second-order valence-corrected chi connectivity index (χ2v) is 6.22. The highest BCUT2D eigenvalue weighted by Gasteiger charge is 2.17. The molecule has 1 atom stereocenters. The predicted molar refractivity (Wildman–Crippen MR) is 83.0 cm³/mol. The van der Waals surface area contributed by atoms with E-state index in [4.69, 9.17) is 0 Å². The van der Waals surface area contributed by atoms with E-state index in [-0.39, 0.29) is 0 Å². The first-order chi connectivity index (χ1) is 9.34. The fourth-order valence-electron chi connectivity index (χ4n) is 2.84. The minimum absolute atomic E-state index is 0.745. The van der Waals surface area contributed by atoms with Crippen LogP contribution in [0.4, 0.5) is 5.69 Å². The van der Waals surface area contributed by atoms with E-state index in [2.05, 4.69) is 39.6 Å². The van der Waals surface area contributed by atoms with Crippen LogP contribution in [0, 0.1) is 0 Å². The standard InChI is InChI=1S/C15H21N3S/c1-12-4-2-3-9-18(12)10-8-17-13-5-7-16-14-6-11-19-15(13)14/h5-7,11-12H,2-4,8-10H2,1H3,(H,16,17). The van der Waals surface area contributed by atoms with Crippen LogP contribution in [0.25, 0.3) is 10.2 Å². The summed E-state index contributed by atoms with van der Waals surface area (Å²) in [4.78, 5) is 6.97. The maximum absolute atomic E-state index is 4.37. The van der Waals surface area contributed by atoms with Gasteiger partial charge in [-0.1, -0.05) is 6.42 Å². The Bertz CT molecular complexity index is 537. The minimum Gasteiger partial charge on any atom is -0.383 e. The number of nitrogens with zero attached hydrogens (tertiary/aromatic N) is 2. The Labute approximate surface area is 118 Å². The van der Waals surface area contributed by atoms with Crippen molar-refractivity contribution in [3.63, 3.8) is 0 Å². The van der Waals surface area contributed by atoms with Crippen LogP contribution in [0.5, 0.6) is 0 Å². The summed E-state index contributed by atoms with van der Waals surface area (Å²) < 4.78 is 1.27. The van der Waals surface area contributed by atoms with Crippen molar-refractivity contribution in [1.82, 2.24) is 9.88 Å². The quantitative estimate of drug-likeness (QED) is 0.924. The lowest BCUT2D eigenvalue weighted by atomic mass is 10.0. The molecule has 0 bridgehead atoms. The number of pyridine rings is 1. The van der Waals surface area contributed by atoms with Crippen LogP contribution in [0.3, 0.4) is 0 Å². The monoisotopic (exact) mass is 275 g/mol. The molecule has 0 aliphatic carbocycles. The minimum atomic E-state index is 0.745. The summed E-state index contributed by atoms with van der Waals surface area (Å²) >= 11 is 1.76. The molecule has 4 heteroatoms. The third kappa shape index (κ3) is 2.90. The van der Waals surface area contributed by atoms with Crippen molar-refractivity contribution >= 4 is 27.2 Å². The Morgan fingerprint density at radius 1 is 1.42 bits per heavy atom. The van der Waals surface area contributed by atoms with Crippen LogP contribution in [0.1, 0.15) is 26.2 Å². The van der Waals surface area contributed by atoms with Gasteiger partial charge in [-0.2, -0.15) is 0 Å². The number of rotatable bonds is 4. The molecule has 1 saturated heterocycles. The number of anilines is 1. The van der Waals surface area contributed by atoms with Crippen LogP contribution >= 0.6 is 11.3 Å². The van der Waals surface area contributed by atoms with Gasteiger partial charge < -0.3 is 5.32 Å². The fraction of sp³-hybridized carbons (Fsp3) is 0.533. The molecule has 0 amide bonds. The molecular formula is C15H21N3S.